The predicted octanol–water partition coefficient (Wildman–Crippen LogP) is 1.87. The number of carbonyl (C=O) groups excluding carboxylic acids is 2. The second-order valence-electron chi connectivity index (χ2n) is 5.36. The lowest BCUT2D eigenvalue weighted by atomic mass is 10.0. The molecule has 0 aliphatic rings. The quantitative estimate of drug-likeness (QED) is 0.642. The Morgan fingerprint density at radius 3 is 2.78 bits per heavy atom. The van der Waals surface area contributed by atoms with Gasteiger partial charge in [0.2, 0.25) is 5.91 Å². The average molecular weight is 336 g/mol. The first-order valence-electron chi connectivity index (χ1n) is 7.34. The first-order chi connectivity index (χ1) is 11.0. The van der Waals surface area contributed by atoms with Gasteiger partial charge in [0.25, 0.3) is 5.91 Å². The van der Waals surface area contributed by atoms with E-state index in [0.29, 0.717) is 23.6 Å². The third-order valence-corrected chi connectivity index (χ3v) is 4.16. The fourth-order valence-corrected chi connectivity index (χ4v) is 2.62. The largest absolute Gasteiger partial charge is 0.466 e. The molecule has 0 bridgehead atoms. The van der Waals surface area contributed by atoms with Crippen LogP contribution in [0.4, 0.5) is 0 Å². The molecule has 2 rings (SSSR count). The zero-order valence-electron chi connectivity index (χ0n) is 12.9. The Labute approximate surface area is 138 Å². The second-order valence-corrected chi connectivity index (χ2v) is 6.31. The van der Waals surface area contributed by atoms with Gasteiger partial charge in [0.05, 0.1) is 17.7 Å². The van der Waals surface area contributed by atoms with E-state index in [4.69, 9.17) is 4.42 Å². The third-order valence-electron chi connectivity index (χ3n) is 3.29. The molecular weight excluding hydrogens is 316 g/mol. The van der Waals surface area contributed by atoms with Crippen LogP contribution in [0.25, 0.3) is 0 Å². The van der Waals surface area contributed by atoms with Crippen molar-refractivity contribution >= 4 is 23.2 Å². The van der Waals surface area contributed by atoms with Crippen molar-refractivity contribution in [3.05, 3.63) is 46.5 Å². The summed E-state index contributed by atoms with van der Waals surface area (Å²) in [5.74, 6) is 0.101. The predicted molar refractivity (Wildman–Crippen MR) is 87.2 cm³/mol. The van der Waals surface area contributed by atoms with Gasteiger partial charge >= 0.3 is 0 Å². The molecule has 2 aromatic rings. The minimum absolute atomic E-state index is 0.0703. The Balaban J connectivity index is 1.63. The number of hydrogen-bond donors (Lipinski definition) is 3. The molecule has 2 aromatic heterocycles. The molecule has 0 saturated heterocycles. The normalized spacial score (nSPS) is 13.3. The maximum absolute atomic E-state index is 11.8. The van der Waals surface area contributed by atoms with Crippen LogP contribution in [0.5, 0.6) is 0 Å². The number of thiophene rings is 1. The van der Waals surface area contributed by atoms with E-state index in [1.807, 2.05) is 11.4 Å². The summed E-state index contributed by atoms with van der Waals surface area (Å²) in [6, 6.07) is 6.91. The Kier molecular flexibility index (Phi) is 5.95. The number of nitrogens with one attached hydrogen (secondary N) is 2. The van der Waals surface area contributed by atoms with Crippen molar-refractivity contribution in [3.8, 4) is 0 Å². The van der Waals surface area contributed by atoms with Gasteiger partial charge in [0.15, 0.2) is 0 Å². The fourth-order valence-electron chi connectivity index (χ4n) is 1.98. The molecule has 3 N–H and O–H groups in total. The summed E-state index contributed by atoms with van der Waals surface area (Å²) in [7, 11) is 0. The maximum atomic E-state index is 11.8. The van der Waals surface area contributed by atoms with Crippen LogP contribution in [0.2, 0.25) is 0 Å². The molecule has 1 unspecified atom stereocenters. The Morgan fingerprint density at radius 1 is 1.30 bits per heavy atom. The van der Waals surface area contributed by atoms with Crippen molar-refractivity contribution in [2.75, 3.05) is 13.1 Å². The number of amides is 2. The highest BCUT2D eigenvalue weighted by molar-refractivity contribution is 7.12. The molecular formula is C16H20N2O4S. The summed E-state index contributed by atoms with van der Waals surface area (Å²) in [4.78, 5) is 24.1. The topological polar surface area (TPSA) is 91.6 Å². The Hall–Kier alpha value is -2.12. The Morgan fingerprint density at radius 2 is 2.13 bits per heavy atom. The van der Waals surface area contributed by atoms with Crippen molar-refractivity contribution in [2.45, 2.75) is 25.4 Å². The van der Waals surface area contributed by atoms with Crippen LogP contribution in [0.1, 0.15) is 35.2 Å². The second kappa shape index (κ2) is 7.94. The van der Waals surface area contributed by atoms with E-state index >= 15 is 0 Å². The number of rotatable bonds is 8. The lowest BCUT2D eigenvalue weighted by molar-refractivity contribution is -0.122. The third kappa shape index (κ3) is 5.22. The Bertz CT molecular complexity index is 621. The summed E-state index contributed by atoms with van der Waals surface area (Å²) >= 11 is 1.38. The van der Waals surface area contributed by atoms with E-state index in [1.54, 1.807) is 25.1 Å². The standard InChI is InChI=1S/C16H20N2O4S/c1-16(21,13-6-3-9-22-13)11-18-14(19)7-2-8-17-15(20)12-5-4-10-23-12/h3-6,9-10,21H,2,7-8,11H2,1H3,(H,17,20)(H,18,19). The number of furan rings is 1. The molecule has 0 aliphatic heterocycles. The highest BCUT2D eigenvalue weighted by Gasteiger charge is 2.26. The van der Waals surface area contributed by atoms with Gasteiger partial charge in [-0.15, -0.1) is 11.3 Å². The zero-order chi connectivity index (χ0) is 16.7. The molecule has 0 radical (unpaired) electrons. The number of hydrogen-bond acceptors (Lipinski definition) is 5. The van der Waals surface area contributed by atoms with E-state index in [2.05, 4.69) is 10.6 Å². The van der Waals surface area contributed by atoms with Crippen molar-refractivity contribution < 1.29 is 19.1 Å². The van der Waals surface area contributed by atoms with Gasteiger partial charge in [-0.25, -0.2) is 0 Å². The van der Waals surface area contributed by atoms with Crippen LogP contribution >= 0.6 is 11.3 Å². The van der Waals surface area contributed by atoms with Gasteiger partial charge < -0.3 is 20.2 Å². The van der Waals surface area contributed by atoms with Gasteiger partial charge in [0, 0.05) is 13.0 Å². The van der Waals surface area contributed by atoms with E-state index in [-0.39, 0.29) is 24.8 Å². The van der Waals surface area contributed by atoms with Crippen LogP contribution in [-0.2, 0) is 10.4 Å². The molecule has 0 aliphatic carbocycles. The fraction of sp³-hybridized carbons (Fsp3) is 0.375. The maximum Gasteiger partial charge on any atom is 0.261 e. The van der Waals surface area contributed by atoms with E-state index in [1.165, 1.54) is 17.6 Å². The molecule has 23 heavy (non-hydrogen) atoms. The number of aliphatic hydroxyl groups is 1. The number of carbonyl (C=O) groups is 2. The van der Waals surface area contributed by atoms with Crippen molar-refractivity contribution in [1.82, 2.24) is 10.6 Å². The molecule has 0 fully saturated rings. The van der Waals surface area contributed by atoms with Crippen LogP contribution < -0.4 is 10.6 Å². The zero-order valence-corrected chi connectivity index (χ0v) is 13.7. The summed E-state index contributed by atoms with van der Waals surface area (Å²) < 4.78 is 5.14. The van der Waals surface area contributed by atoms with Crippen molar-refractivity contribution in [1.29, 1.82) is 0 Å². The first kappa shape index (κ1) is 17.2. The summed E-state index contributed by atoms with van der Waals surface area (Å²) in [5, 5.41) is 17.5. The molecule has 124 valence electrons. The monoisotopic (exact) mass is 336 g/mol. The van der Waals surface area contributed by atoms with Crippen LogP contribution in [0.3, 0.4) is 0 Å². The van der Waals surface area contributed by atoms with E-state index in [0.717, 1.165) is 0 Å². The summed E-state index contributed by atoms with van der Waals surface area (Å²) in [5.41, 5.74) is -1.24. The van der Waals surface area contributed by atoms with Crippen molar-refractivity contribution in [2.24, 2.45) is 0 Å². The van der Waals surface area contributed by atoms with Gasteiger partial charge in [-0.3, -0.25) is 9.59 Å². The minimum atomic E-state index is -1.24. The molecule has 0 saturated carbocycles. The molecule has 0 aromatic carbocycles. The van der Waals surface area contributed by atoms with E-state index in [9.17, 15) is 14.7 Å². The van der Waals surface area contributed by atoms with Gasteiger partial charge in [-0.2, -0.15) is 0 Å². The van der Waals surface area contributed by atoms with Crippen molar-refractivity contribution in [3.63, 3.8) is 0 Å². The van der Waals surface area contributed by atoms with Gasteiger partial charge in [0.1, 0.15) is 11.4 Å². The minimum Gasteiger partial charge on any atom is -0.466 e. The van der Waals surface area contributed by atoms with Gasteiger partial charge in [-0.1, -0.05) is 6.07 Å². The molecule has 0 spiro atoms. The van der Waals surface area contributed by atoms with E-state index < -0.39 is 5.60 Å². The smallest absolute Gasteiger partial charge is 0.261 e. The van der Waals surface area contributed by atoms with Crippen LogP contribution in [-0.4, -0.2) is 30.0 Å². The average Bonchev–Trinajstić information content (AvgIpc) is 3.22. The summed E-state index contributed by atoms with van der Waals surface area (Å²) in [6.07, 6.45) is 2.28. The van der Waals surface area contributed by atoms with Crippen LogP contribution in [0.15, 0.2) is 40.3 Å². The lowest BCUT2D eigenvalue weighted by Crippen LogP contribution is -2.38. The molecule has 2 amide bonds. The molecule has 6 nitrogen and oxygen atoms in total. The molecule has 1 atom stereocenters. The summed E-state index contributed by atoms with van der Waals surface area (Å²) in [6.45, 7) is 2.08. The molecule has 7 heteroatoms. The first-order valence-corrected chi connectivity index (χ1v) is 8.22. The molecule has 2 heterocycles. The van der Waals surface area contributed by atoms with Crippen LogP contribution in [0, 0.1) is 0 Å². The highest BCUT2D eigenvalue weighted by Crippen LogP contribution is 2.19. The van der Waals surface area contributed by atoms with Gasteiger partial charge in [-0.05, 0) is 36.9 Å². The highest BCUT2D eigenvalue weighted by atomic mass is 32.1. The lowest BCUT2D eigenvalue weighted by Gasteiger charge is -2.21. The SMILES string of the molecule is CC(O)(CNC(=O)CCCNC(=O)c1cccs1)c1ccco1.